The molecule has 124 valence electrons. The average Bonchev–Trinajstić information content (AvgIpc) is 2.45. The van der Waals surface area contributed by atoms with Crippen LogP contribution in [0.15, 0.2) is 24.3 Å². The van der Waals surface area contributed by atoms with Crippen molar-refractivity contribution in [3.63, 3.8) is 0 Å². The van der Waals surface area contributed by atoms with E-state index in [9.17, 15) is 4.79 Å². The minimum Gasteiger partial charge on any atom is -0.385 e. The molecule has 1 aliphatic rings. The molecule has 1 saturated carbocycles. The lowest BCUT2D eigenvalue weighted by Gasteiger charge is -2.42. The normalized spacial score (nSPS) is 17.0. The van der Waals surface area contributed by atoms with Crippen molar-refractivity contribution in [3.8, 4) is 0 Å². The van der Waals surface area contributed by atoms with Crippen LogP contribution in [-0.4, -0.2) is 26.2 Å². The Kier molecular flexibility index (Phi) is 7.33. The Morgan fingerprint density at radius 1 is 1.36 bits per heavy atom. The lowest BCUT2D eigenvalue weighted by atomic mass is 9.66. The fraction of sp³-hybridized carbons (Fsp3) is 0.588. The second-order valence-corrected chi connectivity index (χ2v) is 6.20. The molecule has 2 rings (SSSR count). The van der Waals surface area contributed by atoms with Gasteiger partial charge in [0.1, 0.15) is 6.04 Å². The Bertz CT molecular complexity index is 472. The summed E-state index contributed by atoms with van der Waals surface area (Å²) in [6, 6.07) is 7.21. The van der Waals surface area contributed by atoms with Crippen LogP contribution in [0.3, 0.4) is 0 Å². The van der Waals surface area contributed by atoms with Gasteiger partial charge < -0.3 is 15.8 Å². The van der Waals surface area contributed by atoms with Gasteiger partial charge in [0.15, 0.2) is 0 Å². The molecule has 1 fully saturated rings. The quantitative estimate of drug-likeness (QED) is 0.809. The van der Waals surface area contributed by atoms with Crippen molar-refractivity contribution < 1.29 is 9.53 Å². The van der Waals surface area contributed by atoms with E-state index < -0.39 is 6.04 Å². The van der Waals surface area contributed by atoms with E-state index in [2.05, 4.69) is 5.32 Å². The molecule has 0 spiro atoms. The first kappa shape index (κ1) is 18.9. The van der Waals surface area contributed by atoms with Crippen molar-refractivity contribution in [2.75, 3.05) is 20.3 Å². The van der Waals surface area contributed by atoms with E-state index in [1.807, 2.05) is 31.2 Å². The van der Waals surface area contributed by atoms with E-state index in [0.717, 1.165) is 31.4 Å². The fourth-order valence-electron chi connectivity index (χ4n) is 2.82. The summed E-state index contributed by atoms with van der Waals surface area (Å²) < 4.78 is 5.17. The van der Waals surface area contributed by atoms with Crippen molar-refractivity contribution in [1.82, 2.24) is 5.32 Å². The Labute approximate surface area is 139 Å². The number of carbonyl (C=O) groups excluding carboxylic acids is 1. The number of halogens is 1. The van der Waals surface area contributed by atoms with E-state index in [-0.39, 0.29) is 23.7 Å². The topological polar surface area (TPSA) is 64.3 Å². The van der Waals surface area contributed by atoms with Gasteiger partial charge in [-0.15, -0.1) is 12.4 Å². The molecule has 0 aliphatic heterocycles. The van der Waals surface area contributed by atoms with Crippen molar-refractivity contribution in [1.29, 1.82) is 0 Å². The first-order valence-electron chi connectivity index (χ1n) is 7.65. The highest BCUT2D eigenvalue weighted by Crippen LogP contribution is 2.43. The van der Waals surface area contributed by atoms with Crippen LogP contribution in [0.2, 0.25) is 0 Å². The number of hydrogen-bond donors (Lipinski definition) is 2. The molecule has 4 nitrogen and oxygen atoms in total. The Hall–Kier alpha value is -1.10. The second kappa shape index (κ2) is 8.51. The summed E-state index contributed by atoms with van der Waals surface area (Å²) in [5.74, 6) is -0.0949. The van der Waals surface area contributed by atoms with E-state index in [1.165, 1.54) is 12.0 Å². The minimum atomic E-state index is -0.592. The van der Waals surface area contributed by atoms with Gasteiger partial charge in [-0.05, 0) is 37.2 Å². The van der Waals surface area contributed by atoms with Gasteiger partial charge in [-0.3, -0.25) is 4.79 Å². The maximum atomic E-state index is 12.2. The van der Waals surface area contributed by atoms with Crippen molar-refractivity contribution in [3.05, 3.63) is 35.4 Å². The summed E-state index contributed by atoms with van der Waals surface area (Å²) in [6.45, 7) is 3.47. The maximum Gasteiger partial charge on any atom is 0.241 e. The third-order valence-corrected chi connectivity index (χ3v) is 4.61. The summed E-state index contributed by atoms with van der Waals surface area (Å²) in [7, 11) is 1.72. The molecular weight excluding hydrogens is 300 g/mol. The van der Waals surface area contributed by atoms with Crippen molar-refractivity contribution >= 4 is 18.3 Å². The lowest BCUT2D eigenvalue weighted by molar-refractivity contribution is -0.123. The molecule has 3 N–H and O–H groups in total. The van der Waals surface area contributed by atoms with Crippen LogP contribution in [-0.2, 0) is 9.53 Å². The van der Waals surface area contributed by atoms with Gasteiger partial charge in [-0.2, -0.15) is 0 Å². The summed E-state index contributed by atoms with van der Waals surface area (Å²) in [4.78, 5) is 12.2. The highest BCUT2D eigenvalue weighted by molar-refractivity contribution is 5.85. The zero-order valence-corrected chi connectivity index (χ0v) is 14.2. The number of amides is 1. The number of methoxy groups -OCH3 is 1. The highest BCUT2D eigenvalue weighted by atomic mass is 35.5. The number of benzene rings is 1. The number of nitrogens with two attached hydrogens (primary N) is 1. The van der Waals surface area contributed by atoms with Gasteiger partial charge in [0, 0.05) is 20.3 Å². The first-order chi connectivity index (χ1) is 10.1. The Morgan fingerprint density at radius 2 is 2.00 bits per heavy atom. The smallest absolute Gasteiger partial charge is 0.241 e. The van der Waals surface area contributed by atoms with Gasteiger partial charge in [0.2, 0.25) is 5.91 Å². The Balaban J connectivity index is 0.00000242. The average molecular weight is 327 g/mol. The standard InChI is InChI=1S/C17H26N2O2.ClH/c1-13-4-6-14(7-5-13)15(18)16(20)19-12-17(8-3-9-17)10-11-21-2;/h4-7,15H,3,8-12,18H2,1-2H3,(H,19,20);1H. The lowest BCUT2D eigenvalue weighted by Crippen LogP contribution is -2.45. The monoisotopic (exact) mass is 326 g/mol. The van der Waals surface area contributed by atoms with Crippen LogP contribution >= 0.6 is 12.4 Å². The van der Waals surface area contributed by atoms with E-state index in [1.54, 1.807) is 7.11 Å². The fourth-order valence-corrected chi connectivity index (χ4v) is 2.82. The number of ether oxygens (including phenoxy) is 1. The van der Waals surface area contributed by atoms with Gasteiger partial charge >= 0.3 is 0 Å². The molecule has 1 aromatic rings. The van der Waals surface area contributed by atoms with E-state index >= 15 is 0 Å². The first-order valence-corrected chi connectivity index (χ1v) is 7.65. The molecule has 0 aromatic heterocycles. The minimum absolute atomic E-state index is 0. The number of carbonyl (C=O) groups is 1. The van der Waals surface area contributed by atoms with Crippen molar-refractivity contribution in [2.24, 2.45) is 11.1 Å². The van der Waals surface area contributed by atoms with Crippen molar-refractivity contribution in [2.45, 2.75) is 38.6 Å². The largest absolute Gasteiger partial charge is 0.385 e. The SMILES string of the molecule is COCCC1(CNC(=O)C(N)c2ccc(C)cc2)CCC1.Cl. The zero-order chi connectivity index (χ0) is 15.3. The second-order valence-electron chi connectivity index (χ2n) is 6.20. The molecule has 0 radical (unpaired) electrons. The number of hydrogen-bond acceptors (Lipinski definition) is 3. The summed E-state index contributed by atoms with van der Waals surface area (Å²) in [6.07, 6.45) is 4.57. The van der Waals surface area contributed by atoms with Crippen LogP contribution in [0.25, 0.3) is 0 Å². The molecule has 1 unspecified atom stereocenters. The Morgan fingerprint density at radius 3 is 2.50 bits per heavy atom. The molecule has 1 aromatic carbocycles. The molecule has 5 heteroatoms. The number of aryl methyl sites for hydroxylation is 1. The van der Waals surface area contributed by atoms with E-state index in [0.29, 0.717) is 6.54 Å². The molecule has 0 heterocycles. The van der Waals surface area contributed by atoms with Crippen LogP contribution in [0.5, 0.6) is 0 Å². The van der Waals surface area contributed by atoms with Crippen LogP contribution in [0.4, 0.5) is 0 Å². The predicted molar refractivity (Wildman–Crippen MR) is 91.1 cm³/mol. The van der Waals surface area contributed by atoms with Crippen LogP contribution < -0.4 is 11.1 Å². The highest BCUT2D eigenvalue weighted by Gasteiger charge is 2.37. The van der Waals surface area contributed by atoms with E-state index in [4.69, 9.17) is 10.5 Å². The van der Waals surface area contributed by atoms with Gasteiger partial charge in [0.25, 0.3) is 0 Å². The maximum absolute atomic E-state index is 12.2. The predicted octanol–water partition coefficient (Wildman–Crippen LogP) is 2.74. The van der Waals surface area contributed by atoms with Crippen LogP contribution in [0, 0.1) is 12.3 Å². The molecule has 0 bridgehead atoms. The number of nitrogens with one attached hydrogen (secondary N) is 1. The molecule has 1 amide bonds. The molecule has 1 atom stereocenters. The van der Waals surface area contributed by atoms with Crippen LogP contribution in [0.1, 0.15) is 42.9 Å². The molecular formula is C17H27ClN2O2. The van der Waals surface area contributed by atoms with Gasteiger partial charge in [-0.1, -0.05) is 36.2 Å². The third-order valence-electron chi connectivity index (χ3n) is 4.61. The third kappa shape index (κ3) is 4.70. The summed E-state index contributed by atoms with van der Waals surface area (Å²) in [5.41, 5.74) is 8.29. The van der Waals surface area contributed by atoms with Gasteiger partial charge in [-0.25, -0.2) is 0 Å². The number of rotatable bonds is 7. The summed E-state index contributed by atoms with van der Waals surface area (Å²) >= 11 is 0. The molecule has 0 saturated heterocycles. The zero-order valence-electron chi connectivity index (χ0n) is 13.4. The molecule has 22 heavy (non-hydrogen) atoms. The summed E-state index contributed by atoms with van der Waals surface area (Å²) in [5, 5.41) is 3.03. The van der Waals surface area contributed by atoms with Gasteiger partial charge in [0.05, 0.1) is 0 Å². The molecule has 1 aliphatic carbocycles.